The SMILES string of the molecule is CCC(C)N(CC(=O)O)c1cc(C)nc(C)n1. The molecule has 0 amide bonds. The first kappa shape index (κ1) is 13.4. The molecule has 1 heterocycles. The maximum absolute atomic E-state index is 10.9. The molecular formula is C12H19N3O2. The second-order valence-electron chi connectivity index (χ2n) is 4.19. The largest absolute Gasteiger partial charge is 0.480 e. The first-order valence-corrected chi connectivity index (χ1v) is 5.74. The standard InChI is InChI=1S/C12H19N3O2/c1-5-9(3)15(7-12(16)17)11-6-8(2)13-10(4)14-11/h6,9H,5,7H2,1-4H3,(H,16,17). The fourth-order valence-electron chi connectivity index (χ4n) is 1.67. The van der Waals surface area contributed by atoms with Crippen molar-refractivity contribution in [2.75, 3.05) is 11.4 Å². The first-order chi connectivity index (χ1) is 7.93. The summed E-state index contributed by atoms with van der Waals surface area (Å²) >= 11 is 0. The zero-order valence-electron chi connectivity index (χ0n) is 10.8. The van der Waals surface area contributed by atoms with E-state index in [1.54, 1.807) is 4.90 Å². The minimum absolute atomic E-state index is 0.0368. The highest BCUT2D eigenvalue weighted by Crippen LogP contribution is 2.16. The Balaban J connectivity index is 3.07. The number of hydrogen-bond donors (Lipinski definition) is 1. The molecule has 0 aliphatic heterocycles. The lowest BCUT2D eigenvalue weighted by Gasteiger charge is -2.28. The van der Waals surface area contributed by atoms with Crippen molar-refractivity contribution in [1.82, 2.24) is 9.97 Å². The summed E-state index contributed by atoms with van der Waals surface area (Å²) in [6.45, 7) is 7.68. The van der Waals surface area contributed by atoms with Gasteiger partial charge < -0.3 is 10.0 Å². The number of carboxylic acid groups (broad SMARTS) is 1. The van der Waals surface area contributed by atoms with Gasteiger partial charge in [-0.25, -0.2) is 9.97 Å². The Kier molecular flexibility index (Phi) is 4.43. The molecule has 1 rings (SSSR count). The molecule has 0 saturated heterocycles. The second-order valence-corrected chi connectivity index (χ2v) is 4.19. The molecule has 1 atom stereocenters. The Morgan fingerprint density at radius 1 is 1.47 bits per heavy atom. The molecule has 5 nitrogen and oxygen atoms in total. The van der Waals surface area contributed by atoms with E-state index >= 15 is 0 Å². The summed E-state index contributed by atoms with van der Waals surface area (Å²) in [4.78, 5) is 21.2. The predicted octanol–water partition coefficient (Wildman–Crippen LogP) is 1.78. The summed E-state index contributed by atoms with van der Waals surface area (Å²) in [5.41, 5.74) is 0.853. The topological polar surface area (TPSA) is 66.3 Å². The Morgan fingerprint density at radius 2 is 2.12 bits per heavy atom. The highest BCUT2D eigenvalue weighted by molar-refractivity contribution is 5.73. The third-order valence-electron chi connectivity index (χ3n) is 2.68. The van der Waals surface area contributed by atoms with Crippen LogP contribution in [0.25, 0.3) is 0 Å². The first-order valence-electron chi connectivity index (χ1n) is 5.74. The number of anilines is 1. The van der Waals surface area contributed by atoms with E-state index in [9.17, 15) is 4.79 Å². The lowest BCUT2D eigenvalue weighted by Crippen LogP contribution is -2.38. The van der Waals surface area contributed by atoms with Gasteiger partial charge in [0.05, 0.1) is 0 Å². The summed E-state index contributed by atoms with van der Waals surface area (Å²) < 4.78 is 0. The van der Waals surface area contributed by atoms with Gasteiger partial charge in [-0.15, -0.1) is 0 Å². The summed E-state index contributed by atoms with van der Waals surface area (Å²) in [7, 11) is 0. The minimum atomic E-state index is -0.848. The minimum Gasteiger partial charge on any atom is -0.480 e. The highest BCUT2D eigenvalue weighted by atomic mass is 16.4. The Morgan fingerprint density at radius 3 is 2.59 bits per heavy atom. The predicted molar refractivity (Wildman–Crippen MR) is 66.2 cm³/mol. The van der Waals surface area contributed by atoms with E-state index in [0.717, 1.165) is 12.1 Å². The Hall–Kier alpha value is -1.65. The van der Waals surface area contributed by atoms with E-state index in [2.05, 4.69) is 9.97 Å². The molecule has 0 bridgehead atoms. The van der Waals surface area contributed by atoms with E-state index in [-0.39, 0.29) is 12.6 Å². The van der Waals surface area contributed by atoms with Gasteiger partial charge in [-0.1, -0.05) is 6.92 Å². The number of rotatable bonds is 5. The zero-order chi connectivity index (χ0) is 13.0. The molecule has 0 saturated carbocycles. The van der Waals surface area contributed by atoms with E-state index in [1.165, 1.54) is 0 Å². The van der Waals surface area contributed by atoms with Gasteiger partial charge >= 0.3 is 5.97 Å². The van der Waals surface area contributed by atoms with Gasteiger partial charge in [0.1, 0.15) is 18.2 Å². The molecule has 1 aromatic rings. The third-order valence-corrected chi connectivity index (χ3v) is 2.68. The molecule has 94 valence electrons. The second kappa shape index (κ2) is 5.61. The molecular weight excluding hydrogens is 218 g/mol. The van der Waals surface area contributed by atoms with E-state index in [0.29, 0.717) is 11.6 Å². The van der Waals surface area contributed by atoms with Crippen LogP contribution in [-0.4, -0.2) is 33.6 Å². The number of carbonyl (C=O) groups is 1. The van der Waals surface area contributed by atoms with Crippen molar-refractivity contribution >= 4 is 11.8 Å². The lowest BCUT2D eigenvalue weighted by atomic mass is 10.2. The van der Waals surface area contributed by atoms with Crippen molar-refractivity contribution in [3.8, 4) is 0 Å². The van der Waals surface area contributed by atoms with Crippen molar-refractivity contribution < 1.29 is 9.90 Å². The molecule has 0 spiro atoms. The van der Waals surface area contributed by atoms with Gasteiger partial charge in [0, 0.05) is 17.8 Å². The third kappa shape index (κ3) is 3.69. The van der Waals surface area contributed by atoms with Crippen LogP contribution >= 0.6 is 0 Å². The van der Waals surface area contributed by atoms with Crippen LogP contribution in [-0.2, 0) is 4.79 Å². The van der Waals surface area contributed by atoms with Crippen molar-refractivity contribution in [1.29, 1.82) is 0 Å². The lowest BCUT2D eigenvalue weighted by molar-refractivity contribution is -0.135. The summed E-state index contributed by atoms with van der Waals surface area (Å²) in [5, 5.41) is 8.94. The number of aliphatic carboxylic acids is 1. The van der Waals surface area contributed by atoms with Crippen LogP contribution in [0.4, 0.5) is 5.82 Å². The van der Waals surface area contributed by atoms with Crippen LogP contribution < -0.4 is 4.90 Å². The fraction of sp³-hybridized carbons (Fsp3) is 0.583. The van der Waals surface area contributed by atoms with Crippen molar-refractivity contribution in [2.45, 2.75) is 40.2 Å². The van der Waals surface area contributed by atoms with Crippen LogP contribution in [0.1, 0.15) is 31.8 Å². The molecule has 0 aliphatic rings. The molecule has 1 aromatic heterocycles. The van der Waals surface area contributed by atoms with Crippen molar-refractivity contribution in [2.24, 2.45) is 0 Å². The average Bonchev–Trinajstić information content (AvgIpc) is 2.23. The maximum atomic E-state index is 10.9. The quantitative estimate of drug-likeness (QED) is 0.845. The summed E-state index contributed by atoms with van der Waals surface area (Å²) in [5.74, 6) is 0.504. The van der Waals surface area contributed by atoms with Gasteiger partial charge in [0.25, 0.3) is 0 Å². The average molecular weight is 237 g/mol. The molecule has 5 heteroatoms. The molecule has 17 heavy (non-hydrogen) atoms. The van der Waals surface area contributed by atoms with Gasteiger partial charge in [0.15, 0.2) is 0 Å². The van der Waals surface area contributed by atoms with Gasteiger partial charge in [-0.05, 0) is 27.2 Å². The molecule has 1 N–H and O–H groups in total. The van der Waals surface area contributed by atoms with Crippen LogP contribution in [0, 0.1) is 13.8 Å². The Bertz CT molecular complexity index is 386. The normalized spacial score (nSPS) is 12.2. The number of nitrogens with zero attached hydrogens (tertiary/aromatic N) is 3. The highest BCUT2D eigenvalue weighted by Gasteiger charge is 2.18. The van der Waals surface area contributed by atoms with Crippen LogP contribution in [0.2, 0.25) is 0 Å². The maximum Gasteiger partial charge on any atom is 0.323 e. The molecule has 0 aliphatic carbocycles. The van der Waals surface area contributed by atoms with Crippen molar-refractivity contribution in [3.05, 3.63) is 17.6 Å². The smallest absolute Gasteiger partial charge is 0.323 e. The number of aryl methyl sites for hydroxylation is 2. The van der Waals surface area contributed by atoms with Gasteiger partial charge in [-0.2, -0.15) is 0 Å². The van der Waals surface area contributed by atoms with Gasteiger partial charge in [0.2, 0.25) is 0 Å². The molecule has 1 unspecified atom stereocenters. The zero-order valence-corrected chi connectivity index (χ0v) is 10.8. The van der Waals surface area contributed by atoms with E-state index < -0.39 is 5.97 Å². The Labute approximate surface area is 102 Å². The van der Waals surface area contributed by atoms with E-state index in [1.807, 2.05) is 33.8 Å². The monoisotopic (exact) mass is 237 g/mol. The van der Waals surface area contributed by atoms with Crippen molar-refractivity contribution in [3.63, 3.8) is 0 Å². The van der Waals surface area contributed by atoms with Crippen LogP contribution in [0.3, 0.4) is 0 Å². The fourth-order valence-corrected chi connectivity index (χ4v) is 1.67. The van der Waals surface area contributed by atoms with Crippen LogP contribution in [0.5, 0.6) is 0 Å². The number of hydrogen-bond acceptors (Lipinski definition) is 4. The number of aromatic nitrogens is 2. The van der Waals surface area contributed by atoms with Gasteiger partial charge in [-0.3, -0.25) is 4.79 Å². The van der Waals surface area contributed by atoms with E-state index in [4.69, 9.17) is 5.11 Å². The van der Waals surface area contributed by atoms with Crippen LogP contribution in [0.15, 0.2) is 6.07 Å². The number of carboxylic acids is 1. The summed E-state index contributed by atoms with van der Waals surface area (Å²) in [6, 6.07) is 1.96. The molecule has 0 aromatic carbocycles. The molecule has 0 fully saturated rings. The summed E-state index contributed by atoms with van der Waals surface area (Å²) in [6.07, 6.45) is 0.870. The molecule has 0 radical (unpaired) electrons.